The summed E-state index contributed by atoms with van der Waals surface area (Å²) in [7, 11) is 0. The van der Waals surface area contributed by atoms with Gasteiger partial charge in [-0.2, -0.15) is 0 Å². The molecule has 0 saturated carbocycles. The van der Waals surface area contributed by atoms with Crippen LogP contribution in [0.15, 0.2) is 53.0 Å². The molecule has 0 radical (unpaired) electrons. The third kappa shape index (κ3) is 4.05. The fourth-order valence-corrected chi connectivity index (χ4v) is 2.61. The Labute approximate surface area is 126 Å². The summed E-state index contributed by atoms with van der Waals surface area (Å²) in [6, 6.07) is 15.6. The van der Waals surface area contributed by atoms with E-state index in [1.165, 1.54) is 0 Å². The number of aliphatic hydroxyl groups excluding tert-OH is 1. The summed E-state index contributed by atoms with van der Waals surface area (Å²) in [6.45, 7) is 0.671. The molecule has 0 amide bonds. The molecule has 100 valence electrons. The number of hydrogen-bond acceptors (Lipinski definition) is 2. The lowest BCUT2D eigenvalue weighted by molar-refractivity contribution is 0.243. The Balaban J connectivity index is 2.04. The largest absolute Gasteiger partial charge is 0.394 e. The van der Waals surface area contributed by atoms with E-state index in [2.05, 4.69) is 21.2 Å². The van der Waals surface area contributed by atoms with Crippen molar-refractivity contribution in [3.05, 3.63) is 69.2 Å². The monoisotopic (exact) mass is 339 g/mol. The fraction of sp³-hybridized carbons (Fsp3) is 0.200. The lowest BCUT2D eigenvalue weighted by Gasteiger charge is -2.17. The Kier molecular flexibility index (Phi) is 5.40. The first-order valence-electron chi connectivity index (χ1n) is 6.04. The Hall–Kier alpha value is -0.870. The van der Waals surface area contributed by atoms with Crippen LogP contribution in [0.25, 0.3) is 0 Å². The van der Waals surface area contributed by atoms with E-state index in [0.717, 1.165) is 15.6 Å². The van der Waals surface area contributed by atoms with Crippen LogP contribution in [0.1, 0.15) is 17.2 Å². The third-order valence-electron chi connectivity index (χ3n) is 2.94. The van der Waals surface area contributed by atoms with E-state index in [9.17, 15) is 5.11 Å². The summed E-state index contributed by atoms with van der Waals surface area (Å²) >= 11 is 9.55. The lowest BCUT2D eigenvalue weighted by atomic mass is 10.1. The predicted octanol–water partition coefficient (Wildman–Crippen LogP) is 3.93. The molecule has 0 saturated heterocycles. The van der Waals surface area contributed by atoms with Gasteiger partial charge in [-0.05, 0) is 23.3 Å². The summed E-state index contributed by atoms with van der Waals surface area (Å²) < 4.78 is 0.961. The molecule has 19 heavy (non-hydrogen) atoms. The van der Waals surface area contributed by atoms with Crippen molar-refractivity contribution in [1.82, 2.24) is 5.32 Å². The van der Waals surface area contributed by atoms with Crippen LogP contribution in [0.2, 0.25) is 5.02 Å². The molecule has 0 aliphatic carbocycles. The van der Waals surface area contributed by atoms with E-state index in [1.54, 1.807) is 0 Å². The van der Waals surface area contributed by atoms with Crippen molar-refractivity contribution >= 4 is 27.5 Å². The van der Waals surface area contributed by atoms with Crippen molar-refractivity contribution in [2.75, 3.05) is 6.61 Å². The average Bonchev–Trinajstić information content (AvgIpc) is 2.43. The van der Waals surface area contributed by atoms with E-state index in [1.807, 2.05) is 48.5 Å². The van der Waals surface area contributed by atoms with Crippen LogP contribution in [0.4, 0.5) is 0 Å². The van der Waals surface area contributed by atoms with Crippen LogP contribution < -0.4 is 5.32 Å². The highest BCUT2D eigenvalue weighted by Crippen LogP contribution is 2.22. The predicted molar refractivity (Wildman–Crippen MR) is 82.3 cm³/mol. The average molecular weight is 341 g/mol. The van der Waals surface area contributed by atoms with E-state index in [0.29, 0.717) is 11.6 Å². The van der Waals surface area contributed by atoms with Crippen LogP contribution in [0.3, 0.4) is 0 Å². The summed E-state index contributed by atoms with van der Waals surface area (Å²) in [5.41, 5.74) is 2.08. The second-order valence-corrected chi connectivity index (χ2v) is 5.59. The quantitative estimate of drug-likeness (QED) is 0.864. The third-order valence-corrected chi connectivity index (χ3v) is 3.78. The van der Waals surface area contributed by atoms with Gasteiger partial charge in [-0.1, -0.05) is 63.9 Å². The van der Waals surface area contributed by atoms with Gasteiger partial charge in [0.05, 0.1) is 12.6 Å². The second-order valence-electron chi connectivity index (χ2n) is 4.26. The van der Waals surface area contributed by atoms with Crippen LogP contribution in [-0.4, -0.2) is 11.7 Å². The van der Waals surface area contributed by atoms with E-state index in [4.69, 9.17) is 11.6 Å². The lowest BCUT2D eigenvalue weighted by Crippen LogP contribution is -2.24. The van der Waals surface area contributed by atoms with Gasteiger partial charge in [0, 0.05) is 16.0 Å². The molecule has 0 aliphatic heterocycles. The van der Waals surface area contributed by atoms with Gasteiger partial charge in [-0.3, -0.25) is 0 Å². The summed E-state index contributed by atoms with van der Waals surface area (Å²) in [5.74, 6) is 0. The van der Waals surface area contributed by atoms with Crippen molar-refractivity contribution in [3.63, 3.8) is 0 Å². The van der Waals surface area contributed by atoms with Crippen LogP contribution in [0, 0.1) is 0 Å². The molecule has 0 aliphatic rings. The molecule has 0 aromatic heterocycles. The maximum Gasteiger partial charge on any atom is 0.0626 e. The number of hydrogen-bond donors (Lipinski definition) is 2. The molecule has 2 aromatic rings. The highest BCUT2D eigenvalue weighted by Gasteiger charge is 2.10. The standard InChI is InChI=1S/C15H15BrClNO/c16-13-7-6-12(14(17)8-13)9-18-15(10-19)11-4-2-1-3-5-11/h1-8,15,18-19H,9-10H2/t15-/m1/s1. The zero-order valence-electron chi connectivity index (χ0n) is 10.3. The highest BCUT2D eigenvalue weighted by molar-refractivity contribution is 9.10. The van der Waals surface area contributed by atoms with Gasteiger partial charge in [-0.15, -0.1) is 0 Å². The molecule has 2 rings (SSSR count). The smallest absolute Gasteiger partial charge is 0.0626 e. The van der Waals surface area contributed by atoms with E-state index in [-0.39, 0.29) is 12.6 Å². The van der Waals surface area contributed by atoms with Crippen molar-refractivity contribution in [3.8, 4) is 0 Å². The van der Waals surface area contributed by atoms with Gasteiger partial charge in [0.15, 0.2) is 0 Å². The number of nitrogens with one attached hydrogen (secondary N) is 1. The number of aliphatic hydroxyl groups is 1. The van der Waals surface area contributed by atoms with Crippen molar-refractivity contribution in [1.29, 1.82) is 0 Å². The van der Waals surface area contributed by atoms with Gasteiger partial charge < -0.3 is 10.4 Å². The second kappa shape index (κ2) is 7.06. The minimum atomic E-state index is -0.0825. The van der Waals surface area contributed by atoms with Crippen LogP contribution in [0.5, 0.6) is 0 Å². The Bertz CT molecular complexity index is 533. The minimum Gasteiger partial charge on any atom is -0.394 e. The molecule has 0 bridgehead atoms. The molecule has 4 heteroatoms. The Morgan fingerprint density at radius 2 is 1.89 bits per heavy atom. The fourth-order valence-electron chi connectivity index (χ4n) is 1.87. The maximum absolute atomic E-state index is 9.47. The summed E-state index contributed by atoms with van der Waals surface area (Å²) in [6.07, 6.45) is 0. The van der Waals surface area contributed by atoms with Gasteiger partial charge in [-0.25, -0.2) is 0 Å². The van der Waals surface area contributed by atoms with E-state index >= 15 is 0 Å². The van der Waals surface area contributed by atoms with E-state index < -0.39 is 0 Å². The summed E-state index contributed by atoms with van der Waals surface area (Å²) in [5, 5.41) is 13.5. The zero-order valence-corrected chi connectivity index (χ0v) is 12.7. The molecule has 2 nitrogen and oxygen atoms in total. The minimum absolute atomic E-state index is 0.0537. The first kappa shape index (κ1) is 14.5. The van der Waals surface area contributed by atoms with Crippen molar-refractivity contribution < 1.29 is 5.11 Å². The first-order chi connectivity index (χ1) is 9.20. The molecular formula is C15H15BrClNO. The Morgan fingerprint density at radius 1 is 1.16 bits per heavy atom. The van der Waals surface area contributed by atoms with Crippen LogP contribution in [-0.2, 0) is 6.54 Å². The highest BCUT2D eigenvalue weighted by atomic mass is 79.9. The molecule has 0 spiro atoms. The molecule has 0 unspecified atom stereocenters. The molecular weight excluding hydrogens is 326 g/mol. The molecule has 0 fully saturated rings. The van der Waals surface area contributed by atoms with Gasteiger partial charge in [0.25, 0.3) is 0 Å². The van der Waals surface area contributed by atoms with Crippen LogP contribution >= 0.6 is 27.5 Å². The normalized spacial score (nSPS) is 12.4. The number of benzene rings is 2. The zero-order chi connectivity index (χ0) is 13.7. The molecule has 1 atom stereocenters. The SMILES string of the molecule is OC[C@@H](NCc1ccc(Br)cc1Cl)c1ccccc1. The number of rotatable bonds is 5. The van der Waals surface area contributed by atoms with Crippen molar-refractivity contribution in [2.24, 2.45) is 0 Å². The van der Waals surface area contributed by atoms with Crippen molar-refractivity contribution in [2.45, 2.75) is 12.6 Å². The molecule has 2 aromatic carbocycles. The summed E-state index contributed by atoms with van der Waals surface area (Å²) in [4.78, 5) is 0. The van der Waals surface area contributed by atoms with Gasteiger partial charge in [0.2, 0.25) is 0 Å². The first-order valence-corrected chi connectivity index (χ1v) is 7.21. The molecule has 2 N–H and O–H groups in total. The topological polar surface area (TPSA) is 32.3 Å². The maximum atomic E-state index is 9.47. The number of halogens is 2. The van der Waals surface area contributed by atoms with Gasteiger partial charge in [0.1, 0.15) is 0 Å². The van der Waals surface area contributed by atoms with Gasteiger partial charge >= 0.3 is 0 Å². The molecule has 0 heterocycles. The Morgan fingerprint density at radius 3 is 2.53 bits per heavy atom.